The minimum absolute atomic E-state index is 0.302. The topological polar surface area (TPSA) is 29.5 Å². The number of phenols is 1. The van der Waals surface area contributed by atoms with Gasteiger partial charge in [-0.1, -0.05) is 36.4 Å². The summed E-state index contributed by atoms with van der Waals surface area (Å²) in [5.74, 6) is 1.18. The molecule has 3 rings (SSSR count). The van der Waals surface area contributed by atoms with E-state index in [1.807, 2.05) is 25.1 Å². The number of hydrogen-bond donors (Lipinski definition) is 1. The van der Waals surface area contributed by atoms with Gasteiger partial charge in [0.2, 0.25) is 0 Å². The highest BCUT2D eigenvalue weighted by Crippen LogP contribution is 2.43. The second-order valence-corrected chi connectivity index (χ2v) is 5.72. The second-order valence-electron chi connectivity index (χ2n) is 5.72. The Hall–Kier alpha value is -2.48. The molecule has 0 aliphatic rings. The Bertz CT molecular complexity index is 863. The highest BCUT2D eigenvalue weighted by molar-refractivity contribution is 6.01. The Kier molecular flexibility index (Phi) is 3.53. The molecule has 2 heteroatoms. The maximum atomic E-state index is 10.5. The first-order chi connectivity index (χ1) is 10.5. The van der Waals surface area contributed by atoms with Gasteiger partial charge in [-0.15, -0.1) is 0 Å². The lowest BCUT2D eigenvalue weighted by Crippen LogP contribution is -1.97. The number of ether oxygens (including phenoxy) is 1. The molecule has 0 heterocycles. The van der Waals surface area contributed by atoms with E-state index < -0.39 is 0 Å². The van der Waals surface area contributed by atoms with E-state index in [2.05, 4.69) is 32.0 Å². The van der Waals surface area contributed by atoms with E-state index in [0.29, 0.717) is 5.75 Å². The number of phenolic OH excluding ortho intramolecular Hbond substituents is 1. The van der Waals surface area contributed by atoms with Gasteiger partial charge < -0.3 is 9.84 Å². The van der Waals surface area contributed by atoms with Crippen LogP contribution in [0.25, 0.3) is 21.9 Å². The number of fused-ring (bicyclic) bond motifs is 1. The van der Waals surface area contributed by atoms with Gasteiger partial charge in [0.15, 0.2) is 0 Å². The maximum absolute atomic E-state index is 10.5. The molecule has 0 aliphatic carbocycles. The highest BCUT2D eigenvalue weighted by Gasteiger charge is 2.18. The first kappa shape index (κ1) is 14.5. The molecule has 0 radical (unpaired) electrons. The van der Waals surface area contributed by atoms with Crippen molar-refractivity contribution < 1.29 is 9.84 Å². The summed E-state index contributed by atoms with van der Waals surface area (Å²) >= 11 is 0. The molecule has 0 saturated heterocycles. The highest BCUT2D eigenvalue weighted by atomic mass is 16.5. The summed E-state index contributed by atoms with van der Waals surface area (Å²) in [4.78, 5) is 0. The third-order valence-corrected chi connectivity index (χ3v) is 4.26. The van der Waals surface area contributed by atoms with Crippen molar-refractivity contribution in [1.82, 2.24) is 0 Å². The second kappa shape index (κ2) is 5.38. The van der Waals surface area contributed by atoms with Crippen LogP contribution >= 0.6 is 0 Å². The quantitative estimate of drug-likeness (QED) is 0.708. The molecule has 3 aromatic carbocycles. The van der Waals surface area contributed by atoms with E-state index in [4.69, 9.17) is 4.74 Å². The molecule has 3 aromatic rings. The maximum Gasteiger partial charge on any atom is 0.125 e. The minimum Gasteiger partial charge on any atom is -0.507 e. The molecular weight excluding hydrogens is 272 g/mol. The summed E-state index contributed by atoms with van der Waals surface area (Å²) in [5, 5.41) is 12.7. The lowest BCUT2D eigenvalue weighted by molar-refractivity contribution is 0.408. The summed E-state index contributed by atoms with van der Waals surface area (Å²) in [5.41, 5.74) is 5.25. The van der Waals surface area contributed by atoms with E-state index in [0.717, 1.165) is 44.3 Å². The molecule has 1 N–H and O–H groups in total. The van der Waals surface area contributed by atoms with Crippen LogP contribution in [0.1, 0.15) is 16.7 Å². The standard InChI is InChI=1S/C20H20O2/c1-12-11-13(2)20(22-4)14(3)18(12)19-16-8-6-5-7-15(16)9-10-17(19)21/h5-11,21H,1-4H3. The lowest BCUT2D eigenvalue weighted by atomic mass is 9.89. The molecular formula is C20H20O2. The minimum atomic E-state index is 0.302. The predicted octanol–water partition coefficient (Wildman–Crippen LogP) is 5.15. The van der Waals surface area contributed by atoms with Crippen LogP contribution in [0, 0.1) is 20.8 Å². The van der Waals surface area contributed by atoms with Gasteiger partial charge in [0.25, 0.3) is 0 Å². The van der Waals surface area contributed by atoms with E-state index in [9.17, 15) is 5.11 Å². The summed E-state index contributed by atoms with van der Waals surface area (Å²) in [6.07, 6.45) is 0. The van der Waals surface area contributed by atoms with Crippen molar-refractivity contribution >= 4 is 10.8 Å². The van der Waals surface area contributed by atoms with E-state index in [1.54, 1.807) is 13.2 Å². The van der Waals surface area contributed by atoms with Gasteiger partial charge in [0.1, 0.15) is 11.5 Å². The number of rotatable bonds is 2. The third-order valence-electron chi connectivity index (χ3n) is 4.26. The Balaban J connectivity index is 2.45. The van der Waals surface area contributed by atoms with Crippen molar-refractivity contribution in [2.45, 2.75) is 20.8 Å². The molecule has 0 aliphatic heterocycles. The molecule has 0 amide bonds. The zero-order chi connectivity index (χ0) is 15.9. The monoisotopic (exact) mass is 292 g/mol. The molecule has 112 valence electrons. The van der Waals surface area contributed by atoms with E-state index in [1.165, 1.54) is 0 Å². The smallest absolute Gasteiger partial charge is 0.125 e. The van der Waals surface area contributed by atoms with Crippen molar-refractivity contribution in [3.8, 4) is 22.6 Å². The molecule has 0 bridgehead atoms. The SMILES string of the molecule is COc1c(C)cc(C)c(-c2c(O)ccc3ccccc23)c1C. The van der Waals surface area contributed by atoms with E-state index in [-0.39, 0.29) is 0 Å². The predicted molar refractivity (Wildman–Crippen MR) is 91.8 cm³/mol. The summed E-state index contributed by atoms with van der Waals surface area (Å²) in [6.45, 7) is 6.18. The third kappa shape index (κ3) is 2.12. The first-order valence-corrected chi connectivity index (χ1v) is 7.40. The lowest BCUT2D eigenvalue weighted by Gasteiger charge is -2.19. The molecule has 0 fully saturated rings. The molecule has 0 unspecified atom stereocenters. The van der Waals surface area contributed by atoms with E-state index >= 15 is 0 Å². The molecule has 0 atom stereocenters. The van der Waals surface area contributed by atoms with Gasteiger partial charge >= 0.3 is 0 Å². The summed E-state index contributed by atoms with van der Waals surface area (Å²) in [7, 11) is 1.69. The van der Waals surface area contributed by atoms with Crippen molar-refractivity contribution in [1.29, 1.82) is 0 Å². The van der Waals surface area contributed by atoms with Crippen molar-refractivity contribution in [3.63, 3.8) is 0 Å². The van der Waals surface area contributed by atoms with Crippen LogP contribution < -0.4 is 4.74 Å². The van der Waals surface area contributed by atoms with Gasteiger partial charge in [0, 0.05) is 5.56 Å². The van der Waals surface area contributed by atoms with Crippen molar-refractivity contribution in [2.24, 2.45) is 0 Å². The van der Waals surface area contributed by atoms with Gasteiger partial charge in [-0.2, -0.15) is 0 Å². The molecule has 0 saturated carbocycles. The van der Waals surface area contributed by atoms with Gasteiger partial charge in [0.05, 0.1) is 7.11 Å². The van der Waals surface area contributed by atoms with Gasteiger partial charge in [-0.05, 0) is 59.9 Å². The number of hydrogen-bond acceptors (Lipinski definition) is 2. The largest absolute Gasteiger partial charge is 0.507 e. The summed E-state index contributed by atoms with van der Waals surface area (Å²) in [6, 6.07) is 14.0. The van der Waals surface area contributed by atoms with Crippen LogP contribution in [0.3, 0.4) is 0 Å². The normalized spacial score (nSPS) is 10.9. The van der Waals surface area contributed by atoms with Crippen LogP contribution in [0.4, 0.5) is 0 Å². The molecule has 2 nitrogen and oxygen atoms in total. The van der Waals surface area contributed by atoms with Gasteiger partial charge in [-0.3, -0.25) is 0 Å². The number of methoxy groups -OCH3 is 1. The van der Waals surface area contributed by atoms with Crippen molar-refractivity contribution in [2.75, 3.05) is 7.11 Å². The number of aryl methyl sites for hydroxylation is 2. The Morgan fingerprint density at radius 2 is 1.59 bits per heavy atom. The van der Waals surface area contributed by atoms with Crippen LogP contribution in [0.15, 0.2) is 42.5 Å². The number of benzene rings is 3. The van der Waals surface area contributed by atoms with Gasteiger partial charge in [-0.25, -0.2) is 0 Å². The molecule has 0 spiro atoms. The fourth-order valence-electron chi connectivity index (χ4n) is 3.39. The summed E-state index contributed by atoms with van der Waals surface area (Å²) < 4.78 is 5.56. The molecule has 0 aromatic heterocycles. The van der Waals surface area contributed by atoms with Crippen LogP contribution in [0.2, 0.25) is 0 Å². The fourth-order valence-corrected chi connectivity index (χ4v) is 3.39. The first-order valence-electron chi connectivity index (χ1n) is 7.40. The molecule has 22 heavy (non-hydrogen) atoms. The Morgan fingerprint density at radius 3 is 2.32 bits per heavy atom. The Labute approximate surface area is 131 Å². The average molecular weight is 292 g/mol. The average Bonchev–Trinajstić information content (AvgIpc) is 2.49. The fraction of sp³-hybridized carbons (Fsp3) is 0.200. The van der Waals surface area contributed by atoms with Crippen LogP contribution in [0.5, 0.6) is 11.5 Å². The van der Waals surface area contributed by atoms with Crippen LogP contribution in [-0.2, 0) is 0 Å². The van der Waals surface area contributed by atoms with Crippen molar-refractivity contribution in [3.05, 3.63) is 59.2 Å². The Morgan fingerprint density at radius 1 is 0.864 bits per heavy atom. The zero-order valence-electron chi connectivity index (χ0n) is 13.4. The number of aromatic hydroxyl groups is 1. The zero-order valence-corrected chi connectivity index (χ0v) is 13.4. The van der Waals surface area contributed by atoms with Crippen LogP contribution in [-0.4, -0.2) is 12.2 Å².